The molecule has 0 saturated carbocycles. The highest BCUT2D eigenvalue weighted by molar-refractivity contribution is 5.42. The summed E-state index contributed by atoms with van der Waals surface area (Å²) in [6.07, 6.45) is 0.974. The molecule has 0 amide bonds. The molecule has 0 unspecified atom stereocenters. The lowest BCUT2D eigenvalue weighted by Gasteiger charge is -2.13. The summed E-state index contributed by atoms with van der Waals surface area (Å²) in [4.78, 5) is 0. The zero-order chi connectivity index (χ0) is 15.8. The number of benzene rings is 2. The van der Waals surface area contributed by atoms with Crippen molar-refractivity contribution in [3.05, 3.63) is 59.7 Å². The predicted molar refractivity (Wildman–Crippen MR) is 91.0 cm³/mol. The number of hydrogen-bond acceptors (Lipinski definition) is 3. The predicted octanol–water partition coefficient (Wildman–Crippen LogP) is 3.64. The van der Waals surface area contributed by atoms with Gasteiger partial charge in [0.25, 0.3) is 0 Å². The number of nitrogens with one attached hydrogen (secondary N) is 1. The molecule has 3 heteroatoms. The fraction of sp³-hybridized carbons (Fsp3) is 0.368. The number of hydrogen-bond donors (Lipinski definition) is 1. The third-order valence-electron chi connectivity index (χ3n) is 3.86. The SMILES string of the molecule is COc1ccc(CCNC[C@H](C)c2ccccc2)cc1OC. The Balaban J connectivity index is 1.79. The van der Waals surface area contributed by atoms with Crippen LogP contribution in [0.15, 0.2) is 48.5 Å². The Labute approximate surface area is 133 Å². The summed E-state index contributed by atoms with van der Waals surface area (Å²) < 4.78 is 10.6. The fourth-order valence-electron chi connectivity index (χ4n) is 2.49. The Hall–Kier alpha value is -2.00. The van der Waals surface area contributed by atoms with Crippen molar-refractivity contribution in [1.29, 1.82) is 0 Å². The van der Waals surface area contributed by atoms with Gasteiger partial charge in [-0.3, -0.25) is 0 Å². The van der Waals surface area contributed by atoms with E-state index in [4.69, 9.17) is 9.47 Å². The molecule has 118 valence electrons. The second-order valence-electron chi connectivity index (χ2n) is 5.46. The maximum atomic E-state index is 5.33. The van der Waals surface area contributed by atoms with Crippen LogP contribution >= 0.6 is 0 Å². The monoisotopic (exact) mass is 299 g/mol. The first-order chi connectivity index (χ1) is 10.7. The van der Waals surface area contributed by atoms with Crippen LogP contribution in [0.5, 0.6) is 11.5 Å². The van der Waals surface area contributed by atoms with E-state index < -0.39 is 0 Å². The maximum absolute atomic E-state index is 5.33. The van der Waals surface area contributed by atoms with E-state index in [-0.39, 0.29) is 0 Å². The van der Waals surface area contributed by atoms with Crippen LogP contribution in [-0.2, 0) is 6.42 Å². The molecule has 1 atom stereocenters. The highest BCUT2D eigenvalue weighted by Gasteiger charge is 2.06. The molecule has 0 spiro atoms. The van der Waals surface area contributed by atoms with Crippen molar-refractivity contribution in [3.63, 3.8) is 0 Å². The Morgan fingerprint density at radius 1 is 0.955 bits per heavy atom. The first-order valence-electron chi connectivity index (χ1n) is 7.71. The summed E-state index contributed by atoms with van der Waals surface area (Å²) in [5, 5.41) is 3.53. The van der Waals surface area contributed by atoms with Crippen molar-refractivity contribution in [2.45, 2.75) is 19.3 Å². The Morgan fingerprint density at radius 3 is 2.36 bits per heavy atom. The highest BCUT2D eigenvalue weighted by atomic mass is 16.5. The summed E-state index contributed by atoms with van der Waals surface area (Å²) in [5.41, 5.74) is 2.62. The zero-order valence-electron chi connectivity index (χ0n) is 13.6. The summed E-state index contributed by atoms with van der Waals surface area (Å²) in [5.74, 6) is 2.08. The van der Waals surface area contributed by atoms with Gasteiger partial charge >= 0.3 is 0 Å². The van der Waals surface area contributed by atoms with E-state index in [1.54, 1.807) is 14.2 Å². The average Bonchev–Trinajstić information content (AvgIpc) is 2.59. The lowest BCUT2D eigenvalue weighted by molar-refractivity contribution is 0.354. The maximum Gasteiger partial charge on any atom is 0.160 e. The lowest BCUT2D eigenvalue weighted by Crippen LogP contribution is -2.22. The standard InChI is InChI=1S/C19H25NO2/c1-15(17-7-5-4-6-8-17)14-20-12-11-16-9-10-18(21-2)19(13-16)22-3/h4-10,13,15,20H,11-12,14H2,1-3H3/t15-/m0/s1. The van der Waals surface area contributed by atoms with Crippen LogP contribution in [-0.4, -0.2) is 27.3 Å². The average molecular weight is 299 g/mol. The smallest absolute Gasteiger partial charge is 0.160 e. The Kier molecular flexibility index (Phi) is 6.28. The zero-order valence-corrected chi connectivity index (χ0v) is 13.6. The third kappa shape index (κ3) is 4.50. The normalized spacial score (nSPS) is 12.0. The molecule has 2 aromatic rings. The molecule has 2 rings (SSSR count). The molecular weight excluding hydrogens is 274 g/mol. The largest absolute Gasteiger partial charge is 0.493 e. The van der Waals surface area contributed by atoms with Gasteiger partial charge in [-0.25, -0.2) is 0 Å². The minimum Gasteiger partial charge on any atom is -0.493 e. The van der Waals surface area contributed by atoms with Crippen LogP contribution < -0.4 is 14.8 Å². The molecule has 0 bridgehead atoms. The molecule has 0 aliphatic rings. The van der Waals surface area contributed by atoms with Gasteiger partial charge in [-0.2, -0.15) is 0 Å². The van der Waals surface area contributed by atoms with Gasteiger partial charge in [0.15, 0.2) is 11.5 Å². The Morgan fingerprint density at radius 2 is 1.68 bits per heavy atom. The third-order valence-corrected chi connectivity index (χ3v) is 3.86. The Bertz CT molecular complexity index is 569. The van der Waals surface area contributed by atoms with E-state index in [1.807, 2.05) is 12.1 Å². The summed E-state index contributed by atoms with van der Waals surface area (Å²) in [7, 11) is 3.32. The molecule has 0 fully saturated rings. The summed E-state index contributed by atoms with van der Waals surface area (Å²) >= 11 is 0. The summed E-state index contributed by atoms with van der Waals surface area (Å²) in [6.45, 7) is 4.18. The number of ether oxygens (including phenoxy) is 2. The van der Waals surface area contributed by atoms with Gasteiger partial charge < -0.3 is 14.8 Å². The summed E-state index contributed by atoms with van der Waals surface area (Å²) in [6, 6.07) is 16.7. The molecule has 0 radical (unpaired) electrons. The van der Waals surface area contributed by atoms with Crippen LogP contribution in [0.1, 0.15) is 24.0 Å². The van der Waals surface area contributed by atoms with Crippen molar-refractivity contribution in [2.24, 2.45) is 0 Å². The highest BCUT2D eigenvalue weighted by Crippen LogP contribution is 2.27. The molecule has 2 aromatic carbocycles. The fourth-order valence-corrected chi connectivity index (χ4v) is 2.49. The second-order valence-corrected chi connectivity index (χ2v) is 5.46. The van der Waals surface area contributed by atoms with E-state index >= 15 is 0 Å². The van der Waals surface area contributed by atoms with E-state index in [1.165, 1.54) is 11.1 Å². The second kappa shape index (κ2) is 8.44. The van der Waals surface area contributed by atoms with Crippen LogP contribution in [0, 0.1) is 0 Å². The van der Waals surface area contributed by atoms with Gasteiger partial charge in [0.1, 0.15) is 0 Å². The minimum absolute atomic E-state index is 0.520. The van der Waals surface area contributed by atoms with Crippen molar-refractivity contribution in [3.8, 4) is 11.5 Å². The number of methoxy groups -OCH3 is 2. The van der Waals surface area contributed by atoms with Crippen molar-refractivity contribution in [2.75, 3.05) is 27.3 Å². The first kappa shape index (κ1) is 16.4. The van der Waals surface area contributed by atoms with E-state index in [9.17, 15) is 0 Å². The quantitative estimate of drug-likeness (QED) is 0.755. The topological polar surface area (TPSA) is 30.5 Å². The van der Waals surface area contributed by atoms with E-state index in [0.29, 0.717) is 5.92 Å². The van der Waals surface area contributed by atoms with Gasteiger partial charge in [-0.15, -0.1) is 0 Å². The minimum atomic E-state index is 0.520. The van der Waals surface area contributed by atoms with E-state index in [2.05, 4.69) is 48.6 Å². The molecular formula is C19H25NO2. The van der Waals surface area contributed by atoms with Gasteiger partial charge in [0.2, 0.25) is 0 Å². The van der Waals surface area contributed by atoms with E-state index in [0.717, 1.165) is 31.0 Å². The molecule has 0 aliphatic heterocycles. The molecule has 22 heavy (non-hydrogen) atoms. The number of rotatable bonds is 8. The van der Waals surface area contributed by atoms with Gasteiger partial charge in [-0.1, -0.05) is 43.3 Å². The van der Waals surface area contributed by atoms with Crippen molar-refractivity contribution >= 4 is 0 Å². The van der Waals surface area contributed by atoms with Crippen molar-refractivity contribution in [1.82, 2.24) is 5.32 Å². The molecule has 3 nitrogen and oxygen atoms in total. The first-order valence-corrected chi connectivity index (χ1v) is 7.71. The van der Waals surface area contributed by atoms with Gasteiger partial charge in [-0.05, 0) is 42.1 Å². The van der Waals surface area contributed by atoms with Crippen LogP contribution in [0.4, 0.5) is 0 Å². The molecule has 0 aliphatic carbocycles. The molecule has 0 heterocycles. The lowest BCUT2D eigenvalue weighted by atomic mass is 10.0. The van der Waals surface area contributed by atoms with Crippen LogP contribution in [0.3, 0.4) is 0 Å². The van der Waals surface area contributed by atoms with Crippen molar-refractivity contribution < 1.29 is 9.47 Å². The molecule has 0 aromatic heterocycles. The van der Waals surface area contributed by atoms with Crippen LogP contribution in [0.25, 0.3) is 0 Å². The van der Waals surface area contributed by atoms with Crippen LogP contribution in [0.2, 0.25) is 0 Å². The van der Waals surface area contributed by atoms with Gasteiger partial charge in [0, 0.05) is 6.54 Å². The molecule has 0 saturated heterocycles. The van der Waals surface area contributed by atoms with Gasteiger partial charge in [0.05, 0.1) is 14.2 Å². The molecule has 1 N–H and O–H groups in total.